The number of nitro groups is 1. The van der Waals surface area contributed by atoms with Gasteiger partial charge in [-0.05, 0) is 34.2 Å². The SMILES string of the molecule is O=C(Nc1cccnc1-n1cccn1)N1CCN(c2ccc([N+](=O)[O-])nc2)CC1. The molecule has 0 atom stereocenters. The number of pyridine rings is 2. The zero-order valence-corrected chi connectivity index (χ0v) is 15.4. The van der Waals surface area contributed by atoms with Crippen molar-refractivity contribution in [2.75, 3.05) is 36.4 Å². The fourth-order valence-electron chi connectivity index (χ4n) is 3.11. The molecule has 0 radical (unpaired) electrons. The topological polar surface area (TPSA) is 122 Å². The standard InChI is InChI=1S/C18H18N8O3/c27-18(22-15-3-1-6-19-17(15)25-8-2-7-21-25)24-11-9-23(10-12-24)14-4-5-16(20-13-14)26(28)29/h1-8,13H,9-12H2,(H,22,27). The normalized spacial score (nSPS) is 13.9. The van der Waals surface area contributed by atoms with Crippen LogP contribution in [-0.2, 0) is 0 Å². The van der Waals surface area contributed by atoms with Crippen LogP contribution in [0.5, 0.6) is 0 Å². The van der Waals surface area contributed by atoms with Crippen LogP contribution in [-0.4, -0.2) is 61.8 Å². The summed E-state index contributed by atoms with van der Waals surface area (Å²) < 4.78 is 1.59. The molecule has 3 aromatic rings. The average molecular weight is 394 g/mol. The van der Waals surface area contributed by atoms with E-state index in [1.165, 1.54) is 12.3 Å². The van der Waals surface area contributed by atoms with Gasteiger partial charge in [0.05, 0.1) is 11.4 Å². The lowest BCUT2D eigenvalue weighted by atomic mass is 10.3. The van der Waals surface area contributed by atoms with Crippen LogP contribution in [0.25, 0.3) is 5.82 Å². The maximum absolute atomic E-state index is 12.7. The summed E-state index contributed by atoms with van der Waals surface area (Å²) in [5.74, 6) is 0.359. The molecule has 29 heavy (non-hydrogen) atoms. The first kappa shape index (κ1) is 18.3. The fourth-order valence-corrected chi connectivity index (χ4v) is 3.11. The summed E-state index contributed by atoms with van der Waals surface area (Å²) in [7, 11) is 0. The van der Waals surface area contributed by atoms with E-state index in [1.807, 2.05) is 4.90 Å². The first-order valence-corrected chi connectivity index (χ1v) is 8.98. The van der Waals surface area contributed by atoms with Crippen LogP contribution in [0.2, 0.25) is 0 Å². The van der Waals surface area contributed by atoms with Crippen molar-refractivity contribution in [3.63, 3.8) is 0 Å². The van der Waals surface area contributed by atoms with Gasteiger partial charge in [-0.25, -0.2) is 14.5 Å². The summed E-state index contributed by atoms with van der Waals surface area (Å²) in [5.41, 5.74) is 1.37. The zero-order chi connectivity index (χ0) is 20.2. The predicted molar refractivity (Wildman–Crippen MR) is 105 cm³/mol. The van der Waals surface area contributed by atoms with Gasteiger partial charge in [-0.3, -0.25) is 0 Å². The number of piperazine rings is 1. The third-order valence-electron chi connectivity index (χ3n) is 4.60. The molecule has 1 N–H and O–H groups in total. The van der Waals surface area contributed by atoms with E-state index in [2.05, 4.69) is 20.4 Å². The second kappa shape index (κ2) is 7.92. The molecule has 0 aliphatic carbocycles. The minimum absolute atomic E-state index is 0.184. The second-order valence-electron chi connectivity index (χ2n) is 6.36. The molecule has 2 amide bonds. The van der Waals surface area contributed by atoms with Crippen LogP contribution in [0.1, 0.15) is 0 Å². The Morgan fingerprint density at radius 2 is 1.90 bits per heavy atom. The molecule has 0 saturated carbocycles. The number of nitrogens with zero attached hydrogens (tertiary/aromatic N) is 7. The van der Waals surface area contributed by atoms with E-state index < -0.39 is 4.92 Å². The monoisotopic (exact) mass is 394 g/mol. The largest absolute Gasteiger partial charge is 0.365 e. The molecule has 11 nitrogen and oxygen atoms in total. The molecule has 0 aromatic carbocycles. The summed E-state index contributed by atoms with van der Waals surface area (Å²) in [5, 5.41) is 17.8. The molecule has 11 heteroatoms. The van der Waals surface area contributed by atoms with Crippen molar-refractivity contribution >= 4 is 23.2 Å². The van der Waals surface area contributed by atoms with Gasteiger partial charge in [-0.15, -0.1) is 0 Å². The molecule has 0 unspecified atom stereocenters. The second-order valence-corrected chi connectivity index (χ2v) is 6.36. The van der Waals surface area contributed by atoms with Gasteiger partial charge in [0.2, 0.25) is 0 Å². The van der Waals surface area contributed by atoms with E-state index >= 15 is 0 Å². The first-order chi connectivity index (χ1) is 14.1. The lowest BCUT2D eigenvalue weighted by molar-refractivity contribution is -0.389. The third-order valence-corrected chi connectivity index (χ3v) is 4.60. The van der Waals surface area contributed by atoms with Gasteiger partial charge in [0.25, 0.3) is 0 Å². The number of carbonyl (C=O) groups is 1. The van der Waals surface area contributed by atoms with Gasteiger partial charge in [0.1, 0.15) is 0 Å². The van der Waals surface area contributed by atoms with Gasteiger partial charge in [0.15, 0.2) is 12.0 Å². The molecule has 1 saturated heterocycles. The van der Waals surface area contributed by atoms with Crippen LogP contribution < -0.4 is 10.2 Å². The Kier molecular flexibility index (Phi) is 5.01. The minimum Gasteiger partial charge on any atom is -0.365 e. The molecule has 4 heterocycles. The predicted octanol–water partition coefficient (Wildman–Crippen LogP) is 1.92. The van der Waals surface area contributed by atoms with Crippen molar-refractivity contribution in [3.8, 4) is 5.82 Å². The van der Waals surface area contributed by atoms with Crippen LogP contribution in [0.15, 0.2) is 55.1 Å². The zero-order valence-electron chi connectivity index (χ0n) is 15.4. The van der Waals surface area contributed by atoms with Gasteiger partial charge in [-0.1, -0.05) is 0 Å². The van der Waals surface area contributed by atoms with Gasteiger partial charge >= 0.3 is 11.8 Å². The van der Waals surface area contributed by atoms with E-state index in [9.17, 15) is 14.9 Å². The molecule has 1 aliphatic rings. The number of carbonyl (C=O) groups excluding carboxylic acids is 1. The van der Waals surface area contributed by atoms with Crippen LogP contribution >= 0.6 is 0 Å². The molecule has 4 rings (SSSR count). The van der Waals surface area contributed by atoms with Crippen molar-refractivity contribution < 1.29 is 9.72 Å². The maximum Gasteiger partial charge on any atom is 0.363 e. The number of hydrogen-bond donors (Lipinski definition) is 1. The summed E-state index contributed by atoms with van der Waals surface area (Å²) in [6, 6.07) is 8.16. The molecule has 1 aliphatic heterocycles. The third kappa shape index (κ3) is 3.98. The average Bonchev–Trinajstić information content (AvgIpc) is 3.29. The highest BCUT2D eigenvalue weighted by molar-refractivity contribution is 5.91. The highest BCUT2D eigenvalue weighted by Gasteiger charge is 2.23. The molecule has 0 spiro atoms. The van der Waals surface area contributed by atoms with Crippen LogP contribution in [0.4, 0.5) is 22.0 Å². The van der Waals surface area contributed by atoms with E-state index in [0.717, 1.165) is 5.69 Å². The van der Waals surface area contributed by atoms with Gasteiger partial charge < -0.3 is 25.2 Å². The molecule has 0 bridgehead atoms. The minimum atomic E-state index is -0.526. The lowest BCUT2D eigenvalue weighted by Crippen LogP contribution is -2.50. The van der Waals surface area contributed by atoms with E-state index in [-0.39, 0.29) is 11.8 Å². The summed E-state index contributed by atoms with van der Waals surface area (Å²) in [6.07, 6.45) is 6.53. The Morgan fingerprint density at radius 3 is 2.55 bits per heavy atom. The number of rotatable bonds is 4. The number of amides is 2. The molecule has 3 aromatic heterocycles. The molecule has 148 valence electrons. The number of aromatic nitrogens is 4. The van der Waals surface area contributed by atoms with Gasteiger partial charge in [0, 0.05) is 50.8 Å². The number of urea groups is 1. The number of anilines is 2. The van der Waals surface area contributed by atoms with E-state index in [0.29, 0.717) is 37.7 Å². The summed E-state index contributed by atoms with van der Waals surface area (Å²) in [4.78, 5) is 34.8. The van der Waals surface area contributed by atoms with Crippen molar-refractivity contribution in [1.82, 2.24) is 24.6 Å². The van der Waals surface area contributed by atoms with Gasteiger partial charge in [-0.2, -0.15) is 5.10 Å². The van der Waals surface area contributed by atoms with Crippen LogP contribution in [0, 0.1) is 10.1 Å². The highest BCUT2D eigenvalue weighted by Crippen LogP contribution is 2.20. The Balaban J connectivity index is 1.38. The van der Waals surface area contributed by atoms with Crippen molar-refractivity contribution in [2.24, 2.45) is 0 Å². The van der Waals surface area contributed by atoms with Crippen molar-refractivity contribution in [2.45, 2.75) is 0 Å². The number of nitrogens with one attached hydrogen (secondary N) is 1. The molecule has 1 fully saturated rings. The highest BCUT2D eigenvalue weighted by atomic mass is 16.6. The van der Waals surface area contributed by atoms with E-state index in [4.69, 9.17) is 0 Å². The Bertz CT molecular complexity index is 998. The fraction of sp³-hybridized carbons (Fsp3) is 0.222. The first-order valence-electron chi connectivity index (χ1n) is 8.98. The van der Waals surface area contributed by atoms with Crippen molar-refractivity contribution in [1.29, 1.82) is 0 Å². The van der Waals surface area contributed by atoms with Crippen molar-refractivity contribution in [3.05, 3.63) is 65.2 Å². The van der Waals surface area contributed by atoms with E-state index in [1.54, 1.807) is 52.4 Å². The quantitative estimate of drug-likeness (QED) is 0.530. The molecular formula is C18H18N8O3. The number of hydrogen-bond acceptors (Lipinski definition) is 7. The molecular weight excluding hydrogens is 376 g/mol. The smallest absolute Gasteiger partial charge is 0.363 e. The Morgan fingerprint density at radius 1 is 1.07 bits per heavy atom. The Labute approximate surface area is 165 Å². The maximum atomic E-state index is 12.7. The van der Waals surface area contributed by atoms with Crippen LogP contribution in [0.3, 0.4) is 0 Å². The summed E-state index contributed by atoms with van der Waals surface area (Å²) in [6.45, 7) is 2.23. The summed E-state index contributed by atoms with van der Waals surface area (Å²) >= 11 is 0. The Hall–Kier alpha value is -4.02. The lowest BCUT2D eigenvalue weighted by Gasteiger charge is -2.35.